The van der Waals surface area contributed by atoms with Crippen LogP contribution in [-0.2, 0) is 9.63 Å². The fourth-order valence-corrected chi connectivity index (χ4v) is 3.67. The van der Waals surface area contributed by atoms with E-state index in [0.717, 1.165) is 29.2 Å². The Bertz CT molecular complexity index is 988. The van der Waals surface area contributed by atoms with Crippen molar-refractivity contribution in [2.24, 2.45) is 5.16 Å². The maximum absolute atomic E-state index is 12.8. The van der Waals surface area contributed by atoms with Crippen molar-refractivity contribution in [3.8, 4) is 0 Å². The molecule has 1 aromatic carbocycles. The number of oxime groups is 1. The summed E-state index contributed by atoms with van der Waals surface area (Å²) >= 11 is 1.73. The van der Waals surface area contributed by atoms with E-state index in [1.807, 2.05) is 65.4 Å². The molecule has 0 aliphatic carbocycles. The molecule has 0 spiro atoms. The Hall–Kier alpha value is -2.87. The summed E-state index contributed by atoms with van der Waals surface area (Å²) in [6.45, 7) is 0. The van der Waals surface area contributed by atoms with Crippen LogP contribution < -0.4 is 5.32 Å². The van der Waals surface area contributed by atoms with Crippen molar-refractivity contribution in [2.75, 3.05) is 12.0 Å². The molecule has 1 N–H and O–H groups in total. The van der Waals surface area contributed by atoms with E-state index >= 15 is 0 Å². The molecular weight excluding hydrogens is 374 g/mol. The van der Waals surface area contributed by atoms with Gasteiger partial charge in [-0.2, -0.15) is 11.8 Å². The number of aromatic nitrogens is 3. The third-order valence-corrected chi connectivity index (χ3v) is 5.31. The zero-order valence-electron chi connectivity index (χ0n) is 15.5. The van der Waals surface area contributed by atoms with E-state index in [0.29, 0.717) is 12.1 Å². The van der Waals surface area contributed by atoms with E-state index in [1.54, 1.807) is 11.8 Å². The summed E-state index contributed by atoms with van der Waals surface area (Å²) in [5.74, 6) is 1.39. The molecule has 144 valence electrons. The van der Waals surface area contributed by atoms with Crippen LogP contribution in [-0.4, -0.2) is 38.2 Å². The largest absolute Gasteiger partial charge is 0.387 e. The second-order valence-electron chi connectivity index (χ2n) is 6.54. The second-order valence-corrected chi connectivity index (χ2v) is 7.53. The summed E-state index contributed by atoms with van der Waals surface area (Å²) in [7, 11) is 0. The van der Waals surface area contributed by atoms with Crippen molar-refractivity contribution in [3.05, 3.63) is 66.1 Å². The molecule has 2 unspecified atom stereocenters. The number of nitrogens with one attached hydrogen (secondary N) is 1. The molecule has 0 saturated heterocycles. The first kappa shape index (κ1) is 18.5. The van der Waals surface area contributed by atoms with Crippen molar-refractivity contribution in [1.29, 1.82) is 0 Å². The first-order chi connectivity index (χ1) is 13.8. The number of pyridine rings is 1. The quantitative estimate of drug-likeness (QED) is 0.665. The maximum Gasteiger partial charge on any atom is 0.269 e. The molecule has 8 heteroatoms. The van der Waals surface area contributed by atoms with Gasteiger partial charge in [-0.05, 0) is 36.1 Å². The van der Waals surface area contributed by atoms with E-state index in [2.05, 4.69) is 20.7 Å². The van der Waals surface area contributed by atoms with E-state index < -0.39 is 0 Å². The number of rotatable bonds is 7. The highest BCUT2D eigenvalue weighted by Crippen LogP contribution is 2.27. The van der Waals surface area contributed by atoms with E-state index in [9.17, 15) is 4.79 Å². The van der Waals surface area contributed by atoms with Gasteiger partial charge in [-0.25, -0.2) is 0 Å². The molecule has 3 aromatic rings. The van der Waals surface area contributed by atoms with Crippen molar-refractivity contribution in [2.45, 2.75) is 25.0 Å². The Morgan fingerprint density at radius 1 is 1.25 bits per heavy atom. The van der Waals surface area contributed by atoms with Gasteiger partial charge in [0.1, 0.15) is 5.71 Å². The molecule has 0 saturated carbocycles. The van der Waals surface area contributed by atoms with Gasteiger partial charge in [0.25, 0.3) is 5.91 Å². The maximum atomic E-state index is 12.8. The van der Waals surface area contributed by atoms with Crippen molar-refractivity contribution in [1.82, 2.24) is 19.9 Å². The first-order valence-corrected chi connectivity index (χ1v) is 10.5. The number of hydrogen-bond acceptors (Lipinski definition) is 6. The molecule has 1 amide bonds. The lowest BCUT2D eigenvalue weighted by Crippen LogP contribution is -2.35. The number of benzene rings is 1. The number of carbonyl (C=O) groups excluding carboxylic acids is 1. The van der Waals surface area contributed by atoms with E-state index in [-0.39, 0.29) is 18.1 Å². The predicted octanol–water partition coefficient (Wildman–Crippen LogP) is 3.16. The van der Waals surface area contributed by atoms with Gasteiger partial charge in [-0.15, -0.1) is 10.2 Å². The Morgan fingerprint density at radius 2 is 2.07 bits per heavy atom. The minimum Gasteiger partial charge on any atom is -0.387 e. The lowest BCUT2D eigenvalue weighted by molar-refractivity contribution is -0.115. The normalized spacial score (nSPS) is 17.2. The molecule has 0 bridgehead atoms. The number of thioether (sulfide) groups is 1. The average molecular weight is 395 g/mol. The Kier molecular flexibility index (Phi) is 5.57. The molecule has 1 aliphatic heterocycles. The van der Waals surface area contributed by atoms with Gasteiger partial charge >= 0.3 is 0 Å². The third-order valence-electron chi connectivity index (χ3n) is 4.67. The predicted molar refractivity (Wildman–Crippen MR) is 109 cm³/mol. The molecule has 2 atom stereocenters. The summed E-state index contributed by atoms with van der Waals surface area (Å²) < 4.78 is 1.91. The number of fused-ring (bicyclic) bond motifs is 1. The first-order valence-electron chi connectivity index (χ1n) is 9.13. The molecule has 2 aromatic heterocycles. The van der Waals surface area contributed by atoms with Crippen molar-refractivity contribution >= 4 is 29.0 Å². The van der Waals surface area contributed by atoms with Crippen LogP contribution >= 0.6 is 11.8 Å². The zero-order chi connectivity index (χ0) is 19.3. The van der Waals surface area contributed by atoms with Gasteiger partial charge in [0.2, 0.25) is 0 Å². The van der Waals surface area contributed by atoms with Gasteiger partial charge in [-0.3, -0.25) is 9.20 Å². The number of amides is 1. The Morgan fingerprint density at radius 3 is 2.89 bits per heavy atom. The molecule has 0 fully saturated rings. The lowest BCUT2D eigenvalue weighted by atomic mass is 10.0. The number of hydrogen-bond donors (Lipinski definition) is 1. The number of carbonyl (C=O) groups is 1. The third kappa shape index (κ3) is 3.87. The molecule has 1 aliphatic rings. The van der Waals surface area contributed by atoms with Gasteiger partial charge < -0.3 is 10.2 Å². The minimum atomic E-state index is -0.254. The molecular formula is C20H21N5O2S. The second kappa shape index (κ2) is 8.43. The summed E-state index contributed by atoms with van der Waals surface area (Å²) in [5.41, 5.74) is 2.17. The molecule has 0 radical (unpaired) electrons. The van der Waals surface area contributed by atoms with Crippen LogP contribution in [0.3, 0.4) is 0 Å². The fraction of sp³-hybridized carbons (Fsp3) is 0.300. The summed E-state index contributed by atoms with van der Waals surface area (Å²) in [6.07, 6.45) is 4.93. The van der Waals surface area contributed by atoms with E-state index in [4.69, 9.17) is 4.84 Å². The SMILES string of the molecule is CSCCC(NC(=O)C1=NOC(c2ccccc2)C1)c1nnc2ccccn12. The van der Waals surface area contributed by atoms with Crippen molar-refractivity contribution < 1.29 is 9.63 Å². The average Bonchev–Trinajstić information content (AvgIpc) is 3.39. The van der Waals surface area contributed by atoms with Crippen LogP contribution in [0, 0.1) is 0 Å². The number of nitrogens with zero attached hydrogens (tertiary/aromatic N) is 4. The van der Waals surface area contributed by atoms with Crippen LogP contribution in [0.2, 0.25) is 0 Å². The standard InChI is InChI=1S/C20H21N5O2S/c1-28-12-10-15(19-23-22-18-9-5-6-11-25(18)19)21-20(26)16-13-17(27-24-16)14-7-3-2-4-8-14/h2-9,11,15,17H,10,12-13H2,1H3,(H,21,26). The summed E-state index contributed by atoms with van der Waals surface area (Å²) in [4.78, 5) is 18.3. The minimum absolute atomic E-state index is 0.222. The molecule has 4 rings (SSSR count). The Balaban J connectivity index is 1.49. The van der Waals surface area contributed by atoms with Gasteiger partial charge in [-0.1, -0.05) is 41.6 Å². The highest BCUT2D eigenvalue weighted by Gasteiger charge is 2.29. The molecule has 7 nitrogen and oxygen atoms in total. The zero-order valence-corrected chi connectivity index (χ0v) is 16.3. The van der Waals surface area contributed by atoms with Crippen LogP contribution in [0.1, 0.15) is 36.4 Å². The monoisotopic (exact) mass is 395 g/mol. The van der Waals surface area contributed by atoms with E-state index in [1.165, 1.54) is 0 Å². The topological polar surface area (TPSA) is 80.9 Å². The highest BCUT2D eigenvalue weighted by molar-refractivity contribution is 7.98. The Labute approximate surface area is 167 Å². The van der Waals surface area contributed by atoms with Crippen molar-refractivity contribution in [3.63, 3.8) is 0 Å². The highest BCUT2D eigenvalue weighted by atomic mass is 32.2. The van der Waals surface area contributed by atoms with Crippen LogP contribution in [0.25, 0.3) is 5.65 Å². The summed E-state index contributed by atoms with van der Waals surface area (Å²) in [6, 6.07) is 15.3. The van der Waals surface area contributed by atoms with Gasteiger partial charge in [0, 0.05) is 12.6 Å². The summed E-state index contributed by atoms with van der Waals surface area (Å²) in [5, 5.41) is 15.6. The smallest absolute Gasteiger partial charge is 0.269 e. The fourth-order valence-electron chi connectivity index (χ4n) is 3.20. The van der Waals surface area contributed by atoms with Gasteiger partial charge in [0.05, 0.1) is 6.04 Å². The molecule has 28 heavy (non-hydrogen) atoms. The van der Waals surface area contributed by atoms with Crippen LogP contribution in [0.4, 0.5) is 0 Å². The van der Waals surface area contributed by atoms with Crippen LogP contribution in [0.5, 0.6) is 0 Å². The lowest BCUT2D eigenvalue weighted by Gasteiger charge is -2.16. The van der Waals surface area contributed by atoms with Crippen LogP contribution in [0.15, 0.2) is 59.9 Å². The van der Waals surface area contributed by atoms with Gasteiger partial charge in [0.15, 0.2) is 17.6 Å². The molecule has 3 heterocycles.